The van der Waals surface area contributed by atoms with Crippen molar-refractivity contribution in [2.75, 3.05) is 11.5 Å². The predicted octanol–water partition coefficient (Wildman–Crippen LogP) is 3.46. The van der Waals surface area contributed by atoms with E-state index in [0.29, 0.717) is 0 Å². The lowest BCUT2D eigenvalue weighted by Gasteiger charge is -2.22. The van der Waals surface area contributed by atoms with Gasteiger partial charge in [0.2, 0.25) is 0 Å². The summed E-state index contributed by atoms with van der Waals surface area (Å²) in [6, 6.07) is 8.65. The van der Waals surface area contributed by atoms with Crippen molar-refractivity contribution in [3.63, 3.8) is 0 Å². The van der Waals surface area contributed by atoms with Crippen LogP contribution in [0, 0.1) is 0 Å². The van der Waals surface area contributed by atoms with E-state index in [9.17, 15) is 8.42 Å². The highest BCUT2D eigenvalue weighted by Crippen LogP contribution is 2.24. The van der Waals surface area contributed by atoms with Crippen LogP contribution in [0.3, 0.4) is 0 Å². The first-order chi connectivity index (χ1) is 9.55. The average Bonchev–Trinajstić information content (AvgIpc) is 2.37. The van der Waals surface area contributed by atoms with E-state index in [1.54, 1.807) is 6.92 Å². The van der Waals surface area contributed by atoms with Crippen LogP contribution in [0.5, 0.6) is 0 Å². The van der Waals surface area contributed by atoms with Crippen molar-refractivity contribution in [1.29, 1.82) is 0 Å². The Morgan fingerprint density at radius 2 is 1.62 bits per heavy atom. The largest absolute Gasteiger partial charge is 0.307 e. The number of rotatable bonds is 6. The molecule has 1 N–H and O–H groups in total. The molecule has 0 saturated heterocycles. The topological polar surface area (TPSA) is 46.2 Å². The molecule has 0 spiro atoms. The summed E-state index contributed by atoms with van der Waals surface area (Å²) in [7, 11) is -2.94. The highest BCUT2D eigenvalue weighted by Gasteiger charge is 2.17. The Morgan fingerprint density at radius 1 is 1.10 bits per heavy atom. The third-order valence-corrected chi connectivity index (χ3v) is 5.64. The van der Waals surface area contributed by atoms with E-state index in [1.807, 2.05) is 6.92 Å². The van der Waals surface area contributed by atoms with E-state index in [0.717, 1.165) is 0 Å². The van der Waals surface area contributed by atoms with Crippen molar-refractivity contribution in [2.45, 2.75) is 59.0 Å². The number of benzene rings is 1. The lowest BCUT2D eigenvalue weighted by atomic mass is 9.86. The van der Waals surface area contributed by atoms with E-state index in [1.165, 1.54) is 11.1 Å². The second-order valence-corrected chi connectivity index (χ2v) is 9.26. The predicted molar refractivity (Wildman–Crippen MR) is 90.5 cm³/mol. The summed E-state index contributed by atoms with van der Waals surface area (Å²) in [6.45, 7) is 12.3. The quantitative estimate of drug-likeness (QED) is 0.875. The van der Waals surface area contributed by atoms with Gasteiger partial charge in [-0.15, -0.1) is 0 Å². The third kappa shape index (κ3) is 5.79. The van der Waals surface area contributed by atoms with E-state index in [2.05, 4.69) is 57.3 Å². The van der Waals surface area contributed by atoms with E-state index < -0.39 is 9.84 Å². The molecule has 1 aromatic carbocycles. The van der Waals surface area contributed by atoms with E-state index >= 15 is 0 Å². The van der Waals surface area contributed by atoms with Gasteiger partial charge in [-0.05, 0) is 30.4 Å². The van der Waals surface area contributed by atoms with Gasteiger partial charge in [0.05, 0.1) is 5.75 Å². The van der Waals surface area contributed by atoms with Gasteiger partial charge in [-0.1, -0.05) is 52.0 Å². The number of hydrogen-bond donors (Lipinski definition) is 1. The second-order valence-electron chi connectivity index (χ2n) is 6.86. The van der Waals surface area contributed by atoms with E-state index in [4.69, 9.17) is 0 Å². The Balaban J connectivity index is 2.70. The van der Waals surface area contributed by atoms with Crippen molar-refractivity contribution in [1.82, 2.24) is 5.32 Å². The molecule has 120 valence electrons. The molecular weight excluding hydrogens is 282 g/mol. The standard InChI is InChI=1S/C17H29NO2S/c1-7-21(19,20)12-13(2)18-14(3)15-8-10-16(11-9-15)17(4,5)6/h8-11,13-14,18H,7,12H2,1-6H3. The van der Waals surface area contributed by atoms with Crippen LogP contribution in [0.1, 0.15) is 58.7 Å². The molecule has 0 aromatic heterocycles. The van der Waals surface area contributed by atoms with Crippen molar-refractivity contribution >= 4 is 9.84 Å². The Bertz CT molecular complexity index is 541. The SMILES string of the molecule is CCS(=O)(=O)CC(C)NC(C)c1ccc(C(C)(C)C)cc1. The Morgan fingerprint density at radius 3 is 2.05 bits per heavy atom. The molecule has 0 radical (unpaired) electrons. The Labute approximate surface area is 130 Å². The van der Waals surface area contributed by atoms with Crippen molar-refractivity contribution in [3.05, 3.63) is 35.4 Å². The highest BCUT2D eigenvalue weighted by molar-refractivity contribution is 7.91. The minimum Gasteiger partial charge on any atom is -0.307 e. The summed E-state index contributed by atoms with van der Waals surface area (Å²) in [5, 5.41) is 3.37. The summed E-state index contributed by atoms with van der Waals surface area (Å²) >= 11 is 0. The Kier molecular flexibility index (Phi) is 6.00. The zero-order valence-electron chi connectivity index (χ0n) is 14.1. The van der Waals surface area contributed by atoms with Crippen molar-refractivity contribution in [2.24, 2.45) is 0 Å². The van der Waals surface area contributed by atoms with Crippen LogP contribution < -0.4 is 5.32 Å². The van der Waals surface area contributed by atoms with Gasteiger partial charge in [0.1, 0.15) is 0 Å². The second kappa shape index (κ2) is 6.93. The minimum absolute atomic E-state index is 0.0488. The maximum absolute atomic E-state index is 11.6. The first kappa shape index (κ1) is 18.2. The summed E-state index contributed by atoms with van der Waals surface area (Å²) < 4.78 is 23.3. The van der Waals surface area contributed by atoms with Crippen LogP contribution in [0.4, 0.5) is 0 Å². The van der Waals surface area contributed by atoms with Crippen LogP contribution in [0.15, 0.2) is 24.3 Å². The molecule has 2 unspecified atom stereocenters. The fourth-order valence-corrected chi connectivity index (χ4v) is 3.44. The van der Waals surface area contributed by atoms with Gasteiger partial charge in [-0.2, -0.15) is 0 Å². The molecule has 0 saturated carbocycles. The normalized spacial score (nSPS) is 15.7. The molecule has 1 rings (SSSR count). The van der Waals surface area contributed by atoms with Crippen LogP contribution in [0.25, 0.3) is 0 Å². The van der Waals surface area contributed by atoms with Crippen LogP contribution in [0.2, 0.25) is 0 Å². The third-order valence-electron chi connectivity index (χ3n) is 3.75. The fourth-order valence-electron chi connectivity index (χ4n) is 2.34. The van der Waals surface area contributed by atoms with Gasteiger partial charge in [-0.3, -0.25) is 0 Å². The van der Waals surface area contributed by atoms with E-state index in [-0.39, 0.29) is 29.0 Å². The smallest absolute Gasteiger partial charge is 0.151 e. The first-order valence-electron chi connectivity index (χ1n) is 7.62. The summed E-state index contributed by atoms with van der Waals surface area (Å²) in [5.41, 5.74) is 2.64. The Hall–Kier alpha value is -0.870. The highest BCUT2D eigenvalue weighted by atomic mass is 32.2. The number of sulfone groups is 1. The minimum atomic E-state index is -2.94. The molecule has 0 amide bonds. The molecule has 3 nitrogen and oxygen atoms in total. The molecule has 0 aliphatic heterocycles. The van der Waals surface area contributed by atoms with Gasteiger partial charge in [-0.25, -0.2) is 8.42 Å². The van der Waals surface area contributed by atoms with Gasteiger partial charge in [0.15, 0.2) is 9.84 Å². The van der Waals surface area contributed by atoms with Gasteiger partial charge >= 0.3 is 0 Å². The molecular formula is C17H29NO2S. The molecule has 0 aliphatic carbocycles. The van der Waals surface area contributed by atoms with Gasteiger partial charge in [0.25, 0.3) is 0 Å². The molecule has 0 fully saturated rings. The van der Waals surface area contributed by atoms with Crippen LogP contribution in [-0.4, -0.2) is 26.0 Å². The van der Waals surface area contributed by atoms with Crippen LogP contribution >= 0.6 is 0 Å². The van der Waals surface area contributed by atoms with Crippen molar-refractivity contribution in [3.8, 4) is 0 Å². The molecule has 4 heteroatoms. The molecule has 0 aliphatic rings. The summed E-state index contributed by atoms with van der Waals surface area (Å²) in [4.78, 5) is 0. The molecule has 2 atom stereocenters. The van der Waals surface area contributed by atoms with Gasteiger partial charge < -0.3 is 5.32 Å². The average molecular weight is 311 g/mol. The molecule has 0 bridgehead atoms. The molecule has 1 aromatic rings. The maximum atomic E-state index is 11.6. The lowest BCUT2D eigenvalue weighted by Crippen LogP contribution is -2.35. The fraction of sp³-hybridized carbons (Fsp3) is 0.647. The van der Waals surface area contributed by atoms with Crippen LogP contribution in [-0.2, 0) is 15.3 Å². The zero-order chi connectivity index (χ0) is 16.3. The monoisotopic (exact) mass is 311 g/mol. The van der Waals surface area contributed by atoms with Gasteiger partial charge in [0, 0.05) is 17.8 Å². The molecule has 0 heterocycles. The molecule has 21 heavy (non-hydrogen) atoms. The summed E-state index contributed by atoms with van der Waals surface area (Å²) in [5.74, 6) is 0.390. The maximum Gasteiger partial charge on any atom is 0.151 e. The first-order valence-corrected chi connectivity index (χ1v) is 9.44. The zero-order valence-corrected chi connectivity index (χ0v) is 14.9. The lowest BCUT2D eigenvalue weighted by molar-refractivity contribution is 0.499. The number of hydrogen-bond acceptors (Lipinski definition) is 3. The van der Waals surface area contributed by atoms with Crippen molar-refractivity contribution < 1.29 is 8.42 Å². The number of nitrogens with one attached hydrogen (secondary N) is 1. The summed E-state index contributed by atoms with van der Waals surface area (Å²) in [6.07, 6.45) is 0.